The first kappa shape index (κ1) is 9.86. The summed E-state index contributed by atoms with van der Waals surface area (Å²) in [4.78, 5) is 10.7. The van der Waals surface area contributed by atoms with Crippen molar-refractivity contribution in [3.63, 3.8) is 0 Å². The number of hydrogen-bond acceptors (Lipinski definition) is 2. The Morgan fingerprint density at radius 2 is 2.54 bits per heavy atom. The first-order valence-corrected chi connectivity index (χ1v) is 3.98. The highest BCUT2D eigenvalue weighted by Gasteiger charge is 2.29. The van der Waals surface area contributed by atoms with E-state index in [0.29, 0.717) is 12.7 Å². The molecule has 2 nitrogen and oxygen atoms in total. The van der Waals surface area contributed by atoms with Crippen LogP contribution < -0.4 is 0 Å². The lowest BCUT2D eigenvalue weighted by Crippen LogP contribution is -2.33. The Kier molecular flexibility index (Phi) is 3.14. The van der Waals surface area contributed by atoms with Crippen LogP contribution in [-0.2, 0) is 9.53 Å². The van der Waals surface area contributed by atoms with Crippen molar-refractivity contribution >= 4 is 6.29 Å². The predicted molar refractivity (Wildman–Crippen MR) is 47.9 cm³/mol. The topological polar surface area (TPSA) is 26.3 Å². The van der Waals surface area contributed by atoms with E-state index >= 15 is 0 Å². The van der Waals surface area contributed by atoms with Crippen molar-refractivity contribution in [1.29, 1.82) is 0 Å². The fourth-order valence-electron chi connectivity index (χ4n) is 1.13. The van der Waals surface area contributed by atoms with E-state index in [4.69, 9.17) is 4.74 Å². The smallest absolute Gasteiger partial charge is 0.156 e. The van der Waals surface area contributed by atoms with Crippen LogP contribution in [0.3, 0.4) is 0 Å². The van der Waals surface area contributed by atoms with E-state index in [1.807, 2.05) is 0 Å². The zero-order chi connectivity index (χ0) is 9.73. The monoisotopic (exact) mass is 182 g/mol. The van der Waals surface area contributed by atoms with Crippen LogP contribution in [0, 0.1) is 0 Å². The maximum Gasteiger partial charge on any atom is 0.156 e. The van der Waals surface area contributed by atoms with E-state index in [2.05, 4.69) is 6.58 Å². The van der Waals surface area contributed by atoms with E-state index in [-0.39, 0.29) is 6.61 Å². The van der Waals surface area contributed by atoms with Gasteiger partial charge in [0.15, 0.2) is 6.29 Å². The van der Waals surface area contributed by atoms with Gasteiger partial charge >= 0.3 is 0 Å². The average Bonchev–Trinajstić information content (AvgIpc) is 2.15. The third-order valence-corrected chi connectivity index (χ3v) is 1.77. The van der Waals surface area contributed by atoms with Gasteiger partial charge in [-0.3, -0.25) is 4.79 Å². The summed E-state index contributed by atoms with van der Waals surface area (Å²) in [6.45, 7) is 3.69. The first-order chi connectivity index (χ1) is 6.22. The van der Waals surface area contributed by atoms with Gasteiger partial charge in [-0.1, -0.05) is 12.2 Å². The molecule has 0 heterocycles. The Hall–Kier alpha value is -1.22. The average molecular weight is 182 g/mol. The van der Waals surface area contributed by atoms with Gasteiger partial charge in [-0.25, -0.2) is 4.39 Å². The van der Waals surface area contributed by atoms with Crippen LogP contribution in [0.2, 0.25) is 0 Å². The highest BCUT2D eigenvalue weighted by Crippen LogP contribution is 2.24. The zero-order valence-corrected chi connectivity index (χ0v) is 7.20. The lowest BCUT2D eigenvalue weighted by molar-refractivity contribution is -0.124. The second-order valence-corrected chi connectivity index (χ2v) is 2.81. The number of hydrogen-bond donors (Lipinski definition) is 0. The molecule has 1 aliphatic rings. The van der Waals surface area contributed by atoms with Gasteiger partial charge in [0.25, 0.3) is 0 Å². The van der Waals surface area contributed by atoms with Crippen molar-refractivity contribution in [1.82, 2.24) is 0 Å². The van der Waals surface area contributed by atoms with Crippen LogP contribution in [-0.4, -0.2) is 18.5 Å². The summed E-state index contributed by atoms with van der Waals surface area (Å²) in [7, 11) is 0. The number of halogens is 1. The summed E-state index contributed by atoms with van der Waals surface area (Å²) < 4.78 is 18.0. The number of rotatable bonds is 4. The third kappa shape index (κ3) is 2.36. The molecule has 0 aliphatic heterocycles. The zero-order valence-electron chi connectivity index (χ0n) is 7.20. The molecular weight excluding hydrogens is 171 g/mol. The Morgan fingerprint density at radius 1 is 1.77 bits per heavy atom. The number of aldehydes is 1. The highest BCUT2D eigenvalue weighted by molar-refractivity contribution is 5.68. The van der Waals surface area contributed by atoms with Crippen LogP contribution >= 0.6 is 0 Å². The van der Waals surface area contributed by atoms with Crippen molar-refractivity contribution in [3.05, 3.63) is 36.7 Å². The van der Waals surface area contributed by atoms with Crippen LogP contribution in [0.25, 0.3) is 0 Å². The van der Waals surface area contributed by atoms with Crippen LogP contribution in [0.1, 0.15) is 6.42 Å². The van der Waals surface area contributed by atoms with Gasteiger partial charge in [0, 0.05) is 6.42 Å². The van der Waals surface area contributed by atoms with Crippen LogP contribution in [0.15, 0.2) is 36.7 Å². The van der Waals surface area contributed by atoms with Gasteiger partial charge in [-0.05, 0) is 12.2 Å². The molecule has 1 atom stereocenters. The molecule has 3 heteroatoms. The van der Waals surface area contributed by atoms with E-state index in [1.165, 1.54) is 18.2 Å². The van der Waals surface area contributed by atoms with Crippen molar-refractivity contribution < 1.29 is 13.9 Å². The van der Waals surface area contributed by atoms with Gasteiger partial charge in [0.2, 0.25) is 0 Å². The molecule has 0 radical (unpaired) electrons. The minimum Gasteiger partial charge on any atom is -0.359 e. The number of ether oxygens (including phenoxy) is 1. The van der Waals surface area contributed by atoms with Crippen LogP contribution in [0.4, 0.5) is 4.39 Å². The summed E-state index contributed by atoms with van der Waals surface area (Å²) >= 11 is 0. The standard InChI is InChI=1S/C10H11FO2/c1-2-6-13-10(8-12)5-3-4-9(11)7-10/h2-4,7-8H,1,5-6H2. The minimum absolute atomic E-state index is 0.233. The molecule has 0 aromatic carbocycles. The summed E-state index contributed by atoms with van der Waals surface area (Å²) in [5.74, 6) is -0.442. The normalized spacial score (nSPS) is 26.7. The lowest BCUT2D eigenvalue weighted by Gasteiger charge is -2.24. The third-order valence-electron chi connectivity index (χ3n) is 1.77. The molecule has 1 unspecified atom stereocenters. The second-order valence-electron chi connectivity index (χ2n) is 2.81. The quantitative estimate of drug-likeness (QED) is 0.490. The molecule has 0 fully saturated rings. The lowest BCUT2D eigenvalue weighted by atomic mass is 9.96. The highest BCUT2D eigenvalue weighted by atomic mass is 19.1. The summed E-state index contributed by atoms with van der Waals surface area (Å²) in [6.07, 6.45) is 6.59. The van der Waals surface area contributed by atoms with Crippen molar-refractivity contribution in [2.45, 2.75) is 12.0 Å². The molecule has 0 bridgehead atoms. The van der Waals surface area contributed by atoms with E-state index in [9.17, 15) is 9.18 Å². The molecule has 0 saturated heterocycles. The molecule has 1 aliphatic carbocycles. The summed E-state index contributed by atoms with van der Waals surface area (Å²) in [5.41, 5.74) is -1.13. The molecule has 1 rings (SSSR count). The Balaban J connectivity index is 2.75. The molecule has 0 amide bonds. The summed E-state index contributed by atoms with van der Waals surface area (Å²) in [6, 6.07) is 0. The molecule has 0 N–H and O–H groups in total. The van der Waals surface area contributed by atoms with Gasteiger partial charge in [0.1, 0.15) is 11.4 Å². The van der Waals surface area contributed by atoms with E-state index in [1.54, 1.807) is 6.08 Å². The SMILES string of the molecule is C=CCOC1(C=O)C=C(F)C=CC1. The molecular formula is C10H11FO2. The molecule has 0 aromatic heterocycles. The molecule has 0 saturated carbocycles. The maximum absolute atomic E-state index is 12.8. The summed E-state index contributed by atoms with van der Waals surface area (Å²) in [5, 5.41) is 0. The second kappa shape index (κ2) is 4.14. The van der Waals surface area contributed by atoms with Crippen LogP contribution in [0.5, 0.6) is 0 Å². The van der Waals surface area contributed by atoms with Gasteiger partial charge in [-0.15, -0.1) is 6.58 Å². The molecule has 70 valence electrons. The van der Waals surface area contributed by atoms with E-state index < -0.39 is 11.4 Å². The predicted octanol–water partition coefficient (Wildman–Crippen LogP) is 1.94. The molecule has 13 heavy (non-hydrogen) atoms. The van der Waals surface area contributed by atoms with Crippen molar-refractivity contribution in [2.24, 2.45) is 0 Å². The maximum atomic E-state index is 12.8. The number of carbonyl (C=O) groups excluding carboxylic acids is 1. The molecule has 0 aromatic rings. The van der Waals surface area contributed by atoms with Gasteiger partial charge in [0.05, 0.1) is 6.61 Å². The largest absolute Gasteiger partial charge is 0.359 e. The fraction of sp³-hybridized carbons (Fsp3) is 0.300. The van der Waals surface area contributed by atoms with E-state index in [0.717, 1.165) is 0 Å². The van der Waals surface area contributed by atoms with Gasteiger partial charge < -0.3 is 4.74 Å². The number of allylic oxidation sites excluding steroid dienone is 2. The Bertz CT molecular complexity index is 268. The molecule has 0 spiro atoms. The Labute approximate surface area is 76.4 Å². The first-order valence-electron chi connectivity index (χ1n) is 3.98. The fourth-order valence-corrected chi connectivity index (χ4v) is 1.13. The van der Waals surface area contributed by atoms with Crippen molar-refractivity contribution in [2.75, 3.05) is 6.61 Å². The Morgan fingerprint density at radius 3 is 3.08 bits per heavy atom. The van der Waals surface area contributed by atoms with Gasteiger partial charge in [-0.2, -0.15) is 0 Å². The minimum atomic E-state index is -1.13. The van der Waals surface area contributed by atoms with Crippen molar-refractivity contribution in [3.8, 4) is 0 Å². The number of carbonyl (C=O) groups is 1.